The Morgan fingerprint density at radius 1 is 0.955 bits per heavy atom. The molecule has 1 aliphatic carbocycles. The fraction of sp³-hybridized carbons (Fsp3) is 0.412. The molecule has 1 aromatic heterocycles. The zero-order valence-corrected chi connectivity index (χ0v) is 12.6. The van der Waals surface area contributed by atoms with E-state index < -0.39 is 0 Å². The van der Waals surface area contributed by atoms with E-state index in [2.05, 4.69) is 20.6 Å². The number of hydrogen-bond donors (Lipinski definition) is 2. The van der Waals surface area contributed by atoms with Gasteiger partial charge >= 0.3 is 0 Å². The van der Waals surface area contributed by atoms with Crippen LogP contribution in [-0.4, -0.2) is 16.0 Å². The molecule has 0 saturated heterocycles. The van der Waals surface area contributed by atoms with Crippen molar-refractivity contribution in [2.24, 2.45) is 0 Å². The highest BCUT2D eigenvalue weighted by molar-refractivity contribution is 5.54. The highest BCUT2D eigenvalue weighted by atomic mass is 19.1. The zero-order valence-electron chi connectivity index (χ0n) is 12.6. The number of rotatable bonds is 4. The van der Waals surface area contributed by atoms with E-state index in [0.717, 1.165) is 11.5 Å². The normalized spacial score (nSPS) is 16.0. The molecule has 1 fully saturated rings. The van der Waals surface area contributed by atoms with Crippen molar-refractivity contribution in [2.45, 2.75) is 44.6 Å². The third-order valence-corrected chi connectivity index (χ3v) is 3.96. The summed E-state index contributed by atoms with van der Waals surface area (Å²) >= 11 is 0. The molecular formula is C17H21FN4. The topological polar surface area (TPSA) is 49.8 Å². The van der Waals surface area contributed by atoms with E-state index in [1.54, 1.807) is 18.3 Å². The van der Waals surface area contributed by atoms with Gasteiger partial charge in [0.25, 0.3) is 0 Å². The first-order chi connectivity index (χ1) is 10.8. The Kier molecular flexibility index (Phi) is 4.83. The zero-order chi connectivity index (χ0) is 15.2. The number of nitrogens with one attached hydrogen (secondary N) is 2. The van der Waals surface area contributed by atoms with Crippen LogP contribution < -0.4 is 10.6 Å². The van der Waals surface area contributed by atoms with Crippen LogP contribution in [0.25, 0.3) is 0 Å². The molecule has 3 rings (SSSR count). The monoisotopic (exact) mass is 300 g/mol. The number of benzene rings is 1. The van der Waals surface area contributed by atoms with Crippen LogP contribution in [0, 0.1) is 5.82 Å². The van der Waals surface area contributed by atoms with Gasteiger partial charge in [0.2, 0.25) is 5.95 Å². The SMILES string of the molecule is Fc1ccc(Nc2nccc(NC3CCCCCC3)n2)cc1. The van der Waals surface area contributed by atoms with Gasteiger partial charge in [-0.15, -0.1) is 0 Å². The number of halogens is 1. The Hall–Kier alpha value is -2.17. The number of nitrogens with zero attached hydrogens (tertiary/aromatic N) is 2. The lowest BCUT2D eigenvalue weighted by Gasteiger charge is -2.17. The Balaban J connectivity index is 1.65. The summed E-state index contributed by atoms with van der Waals surface area (Å²) in [5, 5.41) is 6.60. The predicted molar refractivity (Wildman–Crippen MR) is 86.8 cm³/mol. The van der Waals surface area contributed by atoms with Crippen molar-refractivity contribution < 1.29 is 4.39 Å². The van der Waals surface area contributed by atoms with Gasteiger partial charge in [-0.25, -0.2) is 9.37 Å². The lowest BCUT2D eigenvalue weighted by molar-refractivity contribution is 0.617. The van der Waals surface area contributed by atoms with Gasteiger partial charge < -0.3 is 10.6 Å². The van der Waals surface area contributed by atoms with Crippen molar-refractivity contribution in [3.63, 3.8) is 0 Å². The van der Waals surface area contributed by atoms with Crippen LogP contribution in [0.5, 0.6) is 0 Å². The highest BCUT2D eigenvalue weighted by Gasteiger charge is 2.12. The van der Waals surface area contributed by atoms with Gasteiger partial charge in [0.15, 0.2) is 0 Å². The summed E-state index contributed by atoms with van der Waals surface area (Å²) in [6, 6.07) is 8.55. The second-order valence-corrected chi connectivity index (χ2v) is 5.73. The lowest BCUT2D eigenvalue weighted by atomic mass is 10.1. The van der Waals surface area contributed by atoms with E-state index in [1.165, 1.54) is 50.7 Å². The molecule has 0 radical (unpaired) electrons. The summed E-state index contributed by atoms with van der Waals surface area (Å²) in [4.78, 5) is 8.70. The van der Waals surface area contributed by atoms with Gasteiger partial charge in [-0.2, -0.15) is 4.98 Å². The van der Waals surface area contributed by atoms with Crippen molar-refractivity contribution in [1.29, 1.82) is 0 Å². The molecule has 22 heavy (non-hydrogen) atoms. The van der Waals surface area contributed by atoms with Crippen LogP contribution in [0.4, 0.5) is 21.8 Å². The fourth-order valence-electron chi connectivity index (χ4n) is 2.79. The van der Waals surface area contributed by atoms with Crippen LogP contribution in [0.1, 0.15) is 38.5 Å². The molecule has 0 atom stereocenters. The summed E-state index contributed by atoms with van der Waals surface area (Å²) in [6.07, 6.45) is 9.36. The van der Waals surface area contributed by atoms with Gasteiger partial charge in [-0.05, 0) is 43.2 Å². The summed E-state index contributed by atoms with van der Waals surface area (Å²) in [5.41, 5.74) is 0.771. The van der Waals surface area contributed by atoms with Crippen molar-refractivity contribution in [3.8, 4) is 0 Å². The first-order valence-electron chi connectivity index (χ1n) is 7.92. The molecule has 4 nitrogen and oxygen atoms in total. The molecule has 0 unspecified atom stereocenters. The minimum atomic E-state index is -0.254. The van der Waals surface area contributed by atoms with Crippen LogP contribution in [0.3, 0.4) is 0 Å². The largest absolute Gasteiger partial charge is 0.367 e. The van der Waals surface area contributed by atoms with Crippen LogP contribution in [0.15, 0.2) is 36.5 Å². The Bertz CT molecular complexity index is 592. The van der Waals surface area contributed by atoms with Gasteiger partial charge in [0, 0.05) is 17.9 Å². The maximum atomic E-state index is 12.9. The molecule has 116 valence electrons. The molecule has 1 saturated carbocycles. The van der Waals surface area contributed by atoms with Crippen molar-refractivity contribution >= 4 is 17.5 Å². The van der Waals surface area contributed by atoms with E-state index in [-0.39, 0.29) is 5.82 Å². The second-order valence-electron chi connectivity index (χ2n) is 5.73. The van der Waals surface area contributed by atoms with E-state index in [0.29, 0.717) is 12.0 Å². The second kappa shape index (κ2) is 7.20. The first kappa shape index (κ1) is 14.8. The molecule has 5 heteroatoms. The van der Waals surface area contributed by atoms with Crippen LogP contribution in [0.2, 0.25) is 0 Å². The minimum Gasteiger partial charge on any atom is -0.367 e. The van der Waals surface area contributed by atoms with E-state index in [1.807, 2.05) is 6.07 Å². The third-order valence-electron chi connectivity index (χ3n) is 3.96. The van der Waals surface area contributed by atoms with Gasteiger partial charge in [-0.1, -0.05) is 25.7 Å². The molecule has 2 N–H and O–H groups in total. The summed E-state index contributed by atoms with van der Waals surface area (Å²) in [6.45, 7) is 0. The van der Waals surface area contributed by atoms with Crippen molar-refractivity contribution in [2.75, 3.05) is 10.6 Å². The van der Waals surface area contributed by atoms with Gasteiger partial charge in [-0.3, -0.25) is 0 Å². The molecule has 1 aromatic carbocycles. The molecular weight excluding hydrogens is 279 g/mol. The van der Waals surface area contributed by atoms with E-state index in [9.17, 15) is 4.39 Å². The standard InChI is InChI=1S/C17H21FN4/c18-13-7-9-15(10-8-13)21-17-19-12-11-16(22-17)20-14-5-3-1-2-4-6-14/h7-12,14H,1-6H2,(H2,19,20,21,22). The van der Waals surface area contributed by atoms with E-state index in [4.69, 9.17) is 0 Å². The number of aromatic nitrogens is 2. The quantitative estimate of drug-likeness (QED) is 0.817. The molecule has 0 amide bonds. The average molecular weight is 300 g/mol. The molecule has 0 bridgehead atoms. The molecule has 1 aliphatic rings. The minimum absolute atomic E-state index is 0.254. The highest BCUT2D eigenvalue weighted by Crippen LogP contribution is 2.21. The van der Waals surface area contributed by atoms with Crippen LogP contribution >= 0.6 is 0 Å². The fourth-order valence-corrected chi connectivity index (χ4v) is 2.79. The molecule has 1 heterocycles. The predicted octanol–water partition coefficient (Wildman–Crippen LogP) is 4.49. The lowest BCUT2D eigenvalue weighted by Crippen LogP contribution is -2.19. The average Bonchev–Trinajstić information content (AvgIpc) is 2.79. The smallest absolute Gasteiger partial charge is 0.229 e. The van der Waals surface area contributed by atoms with Crippen LogP contribution in [-0.2, 0) is 0 Å². The van der Waals surface area contributed by atoms with Gasteiger partial charge in [0.1, 0.15) is 11.6 Å². The van der Waals surface area contributed by atoms with E-state index >= 15 is 0 Å². The Labute approximate surface area is 130 Å². The summed E-state index contributed by atoms with van der Waals surface area (Å²) in [7, 11) is 0. The maximum Gasteiger partial charge on any atom is 0.229 e. The summed E-state index contributed by atoms with van der Waals surface area (Å²) < 4.78 is 12.9. The molecule has 2 aromatic rings. The van der Waals surface area contributed by atoms with Crippen molar-refractivity contribution in [3.05, 3.63) is 42.3 Å². The molecule has 0 spiro atoms. The van der Waals surface area contributed by atoms with Gasteiger partial charge in [0.05, 0.1) is 0 Å². The third kappa shape index (κ3) is 4.16. The first-order valence-corrected chi connectivity index (χ1v) is 7.92. The summed E-state index contributed by atoms with van der Waals surface area (Å²) in [5.74, 6) is 1.10. The molecule has 0 aliphatic heterocycles. The number of anilines is 3. The number of hydrogen-bond acceptors (Lipinski definition) is 4. The van der Waals surface area contributed by atoms with Crippen molar-refractivity contribution in [1.82, 2.24) is 9.97 Å². The maximum absolute atomic E-state index is 12.9. The Morgan fingerprint density at radius 2 is 1.68 bits per heavy atom. The Morgan fingerprint density at radius 3 is 2.41 bits per heavy atom.